The van der Waals surface area contributed by atoms with Gasteiger partial charge in [-0.2, -0.15) is 16.7 Å². The maximum absolute atomic E-state index is 12.1. The summed E-state index contributed by atoms with van der Waals surface area (Å²) in [6.45, 7) is 2.09. The van der Waals surface area contributed by atoms with Crippen LogP contribution in [0.1, 0.15) is 19.2 Å². The summed E-state index contributed by atoms with van der Waals surface area (Å²) in [6, 6.07) is 6.70. The summed E-state index contributed by atoms with van der Waals surface area (Å²) in [5.41, 5.74) is 0.422. The van der Waals surface area contributed by atoms with Crippen molar-refractivity contribution in [1.29, 1.82) is 0 Å². The van der Waals surface area contributed by atoms with Gasteiger partial charge in [0.2, 0.25) is 5.88 Å². The van der Waals surface area contributed by atoms with Gasteiger partial charge in [0.25, 0.3) is 5.56 Å². The van der Waals surface area contributed by atoms with Crippen molar-refractivity contribution in [3.05, 3.63) is 45.5 Å². The van der Waals surface area contributed by atoms with Crippen molar-refractivity contribution in [2.24, 2.45) is 0 Å². The fourth-order valence-corrected chi connectivity index (χ4v) is 2.65. The van der Waals surface area contributed by atoms with Gasteiger partial charge in [-0.3, -0.25) is 4.79 Å². The summed E-state index contributed by atoms with van der Waals surface area (Å²) in [5.74, 6) is 1.81. The molecular weight excluding hydrogens is 296 g/mol. The van der Waals surface area contributed by atoms with E-state index in [-0.39, 0.29) is 17.0 Å². The maximum atomic E-state index is 12.1. The van der Waals surface area contributed by atoms with E-state index in [0.29, 0.717) is 22.2 Å². The van der Waals surface area contributed by atoms with Crippen molar-refractivity contribution >= 4 is 23.4 Å². The normalized spacial score (nSPS) is 10.7. The summed E-state index contributed by atoms with van der Waals surface area (Å²) in [5, 5.41) is 10.6. The fraction of sp³-hybridized carbons (Fsp3) is 0.286. The Morgan fingerprint density at radius 3 is 2.65 bits per heavy atom. The predicted molar refractivity (Wildman–Crippen MR) is 83.4 cm³/mol. The van der Waals surface area contributed by atoms with E-state index in [1.54, 1.807) is 36.0 Å². The molecule has 0 fully saturated rings. The van der Waals surface area contributed by atoms with Crippen LogP contribution in [-0.4, -0.2) is 20.8 Å². The lowest BCUT2D eigenvalue weighted by Crippen LogP contribution is -2.13. The van der Waals surface area contributed by atoms with Crippen LogP contribution in [0.3, 0.4) is 0 Å². The molecule has 0 saturated carbocycles. The molecule has 0 unspecified atom stereocenters. The summed E-state index contributed by atoms with van der Waals surface area (Å²) >= 11 is 7.47. The zero-order valence-electron chi connectivity index (χ0n) is 11.0. The Kier molecular flexibility index (Phi) is 5.09. The van der Waals surface area contributed by atoms with Gasteiger partial charge in [-0.15, -0.1) is 0 Å². The standard InChI is InChI=1S/C14H15ClN2O2S/c1-2-7-20-8-11-16-13(18)12(14(19)17-11)9-3-5-10(15)6-4-9/h3-6H,2,7-8H2,1H3,(H2,16,17,18,19). The second-order valence-electron chi connectivity index (χ2n) is 4.27. The second-order valence-corrected chi connectivity index (χ2v) is 5.81. The van der Waals surface area contributed by atoms with Crippen molar-refractivity contribution in [2.75, 3.05) is 5.75 Å². The highest BCUT2D eigenvalue weighted by Crippen LogP contribution is 2.25. The first kappa shape index (κ1) is 14.9. The Hall–Kier alpha value is -1.46. The third kappa shape index (κ3) is 3.55. The lowest BCUT2D eigenvalue weighted by Gasteiger charge is -2.06. The van der Waals surface area contributed by atoms with Crippen LogP contribution in [0.5, 0.6) is 5.88 Å². The minimum Gasteiger partial charge on any atom is -0.493 e. The average molecular weight is 311 g/mol. The number of halogens is 1. The molecule has 1 aromatic heterocycles. The lowest BCUT2D eigenvalue weighted by molar-refractivity contribution is 0.451. The molecule has 1 heterocycles. The van der Waals surface area contributed by atoms with E-state index in [2.05, 4.69) is 16.9 Å². The third-order valence-electron chi connectivity index (χ3n) is 2.67. The number of aromatic hydroxyl groups is 1. The van der Waals surface area contributed by atoms with Crippen LogP contribution in [-0.2, 0) is 5.75 Å². The van der Waals surface area contributed by atoms with Crippen LogP contribution >= 0.6 is 23.4 Å². The number of rotatable bonds is 5. The second kappa shape index (κ2) is 6.81. The van der Waals surface area contributed by atoms with E-state index >= 15 is 0 Å². The molecule has 0 amide bonds. The van der Waals surface area contributed by atoms with Gasteiger partial charge in [-0.25, -0.2) is 0 Å². The van der Waals surface area contributed by atoms with Gasteiger partial charge in [0.1, 0.15) is 11.4 Å². The average Bonchev–Trinajstić information content (AvgIpc) is 2.40. The third-order valence-corrected chi connectivity index (χ3v) is 4.10. The topological polar surface area (TPSA) is 66.0 Å². The summed E-state index contributed by atoms with van der Waals surface area (Å²) in [7, 11) is 0. The Bertz CT molecular complexity index is 641. The fourth-order valence-electron chi connectivity index (χ4n) is 1.77. The molecule has 106 valence electrons. The van der Waals surface area contributed by atoms with Crippen LogP contribution in [0.15, 0.2) is 29.1 Å². The quantitative estimate of drug-likeness (QED) is 0.830. The molecule has 0 aliphatic rings. The van der Waals surface area contributed by atoms with Gasteiger partial charge in [0.15, 0.2) is 0 Å². The zero-order valence-corrected chi connectivity index (χ0v) is 12.6. The van der Waals surface area contributed by atoms with E-state index in [9.17, 15) is 9.90 Å². The van der Waals surface area contributed by atoms with Gasteiger partial charge in [-0.05, 0) is 29.9 Å². The Balaban J connectivity index is 2.31. The van der Waals surface area contributed by atoms with Crippen molar-refractivity contribution in [2.45, 2.75) is 19.1 Å². The minimum atomic E-state index is -0.341. The Labute approximate surface area is 126 Å². The van der Waals surface area contributed by atoms with Crippen LogP contribution in [0, 0.1) is 0 Å². The number of benzene rings is 1. The SMILES string of the molecule is CCCSCc1nc(O)c(-c2ccc(Cl)cc2)c(=O)[nH]1. The number of hydrogen-bond donors (Lipinski definition) is 2. The van der Waals surface area contributed by atoms with Gasteiger partial charge < -0.3 is 10.1 Å². The number of H-pyrrole nitrogens is 1. The summed E-state index contributed by atoms with van der Waals surface area (Å²) in [6.07, 6.45) is 1.06. The number of thioether (sulfide) groups is 1. The molecule has 0 aliphatic heterocycles. The summed E-state index contributed by atoms with van der Waals surface area (Å²) in [4.78, 5) is 18.8. The molecule has 2 aromatic rings. The van der Waals surface area contributed by atoms with Crippen LogP contribution in [0.2, 0.25) is 5.02 Å². The molecule has 4 nitrogen and oxygen atoms in total. The monoisotopic (exact) mass is 310 g/mol. The van der Waals surface area contributed by atoms with Crippen molar-refractivity contribution < 1.29 is 5.11 Å². The van der Waals surface area contributed by atoms with Crippen LogP contribution in [0.4, 0.5) is 0 Å². The Morgan fingerprint density at radius 2 is 2.05 bits per heavy atom. The molecule has 6 heteroatoms. The zero-order chi connectivity index (χ0) is 14.5. The predicted octanol–water partition coefficient (Wildman–Crippen LogP) is 3.44. The highest BCUT2D eigenvalue weighted by atomic mass is 35.5. The smallest absolute Gasteiger partial charge is 0.262 e. The van der Waals surface area contributed by atoms with E-state index in [4.69, 9.17) is 11.6 Å². The number of aromatic nitrogens is 2. The largest absolute Gasteiger partial charge is 0.493 e. The van der Waals surface area contributed by atoms with Crippen molar-refractivity contribution in [3.63, 3.8) is 0 Å². The molecule has 0 radical (unpaired) electrons. The number of aromatic amines is 1. The highest BCUT2D eigenvalue weighted by Gasteiger charge is 2.12. The first-order valence-electron chi connectivity index (χ1n) is 6.27. The molecule has 1 aromatic carbocycles. The first-order chi connectivity index (χ1) is 9.61. The molecule has 2 rings (SSSR count). The van der Waals surface area contributed by atoms with Crippen molar-refractivity contribution in [1.82, 2.24) is 9.97 Å². The molecule has 0 bridgehead atoms. The van der Waals surface area contributed by atoms with Crippen LogP contribution in [0.25, 0.3) is 11.1 Å². The van der Waals surface area contributed by atoms with E-state index < -0.39 is 0 Å². The lowest BCUT2D eigenvalue weighted by atomic mass is 10.1. The number of nitrogens with zero attached hydrogens (tertiary/aromatic N) is 1. The molecule has 0 saturated heterocycles. The summed E-state index contributed by atoms with van der Waals surface area (Å²) < 4.78 is 0. The maximum Gasteiger partial charge on any atom is 0.262 e. The van der Waals surface area contributed by atoms with E-state index in [1.807, 2.05) is 0 Å². The minimum absolute atomic E-state index is 0.172. The molecule has 2 N–H and O–H groups in total. The highest BCUT2D eigenvalue weighted by molar-refractivity contribution is 7.98. The van der Waals surface area contributed by atoms with Gasteiger partial charge in [0.05, 0.1) is 5.75 Å². The van der Waals surface area contributed by atoms with Crippen LogP contribution < -0.4 is 5.56 Å². The molecule has 0 atom stereocenters. The molecule has 0 spiro atoms. The molecule has 20 heavy (non-hydrogen) atoms. The van der Waals surface area contributed by atoms with Crippen molar-refractivity contribution in [3.8, 4) is 17.0 Å². The first-order valence-corrected chi connectivity index (χ1v) is 7.81. The Morgan fingerprint density at radius 1 is 1.35 bits per heavy atom. The van der Waals surface area contributed by atoms with Gasteiger partial charge in [-0.1, -0.05) is 30.7 Å². The van der Waals surface area contributed by atoms with E-state index in [1.165, 1.54) is 0 Å². The van der Waals surface area contributed by atoms with Gasteiger partial charge in [0, 0.05) is 5.02 Å². The van der Waals surface area contributed by atoms with Gasteiger partial charge >= 0.3 is 0 Å². The molecular formula is C14H15ClN2O2S. The van der Waals surface area contributed by atoms with E-state index in [0.717, 1.165) is 12.2 Å². The number of hydrogen-bond acceptors (Lipinski definition) is 4. The molecule has 0 aliphatic carbocycles. The number of nitrogens with one attached hydrogen (secondary N) is 1.